The zero-order chi connectivity index (χ0) is 20.2. The normalized spacial score (nSPS) is 16.2. The van der Waals surface area contributed by atoms with Crippen molar-refractivity contribution >= 4 is 17.5 Å². The standard InChI is InChI=1S/C22H22N4O3/c1-2-19-24-22(29-25-19)16-8-10-18(11-9-16)23-21(28)17-12-20(27)26(14-17)13-15-6-4-3-5-7-15/h3-11,17H,2,12-14H2,1H3,(H,23,28)/t17-/m0/s1. The average molecular weight is 390 g/mol. The predicted octanol–water partition coefficient (Wildman–Crippen LogP) is 3.29. The van der Waals surface area contributed by atoms with E-state index in [0.29, 0.717) is 36.9 Å². The Bertz CT molecular complexity index is 998. The molecule has 1 fully saturated rings. The Balaban J connectivity index is 1.36. The van der Waals surface area contributed by atoms with Gasteiger partial charge in [0.15, 0.2) is 5.82 Å². The van der Waals surface area contributed by atoms with Gasteiger partial charge < -0.3 is 14.7 Å². The highest BCUT2D eigenvalue weighted by molar-refractivity contribution is 5.97. The molecule has 0 bridgehead atoms. The Morgan fingerprint density at radius 2 is 1.93 bits per heavy atom. The number of nitrogens with zero attached hydrogens (tertiary/aromatic N) is 3. The molecule has 29 heavy (non-hydrogen) atoms. The van der Waals surface area contributed by atoms with Crippen molar-refractivity contribution in [2.45, 2.75) is 26.3 Å². The highest BCUT2D eigenvalue weighted by Gasteiger charge is 2.34. The molecule has 2 aromatic carbocycles. The molecule has 1 atom stereocenters. The van der Waals surface area contributed by atoms with Crippen LogP contribution < -0.4 is 5.32 Å². The van der Waals surface area contributed by atoms with Crippen LogP contribution in [0.15, 0.2) is 59.1 Å². The van der Waals surface area contributed by atoms with Gasteiger partial charge in [-0.05, 0) is 29.8 Å². The summed E-state index contributed by atoms with van der Waals surface area (Å²) in [4.78, 5) is 31.0. The van der Waals surface area contributed by atoms with Gasteiger partial charge in [0.1, 0.15) is 0 Å². The first-order valence-corrected chi connectivity index (χ1v) is 9.68. The molecular weight excluding hydrogens is 368 g/mol. The van der Waals surface area contributed by atoms with Crippen molar-refractivity contribution < 1.29 is 14.1 Å². The van der Waals surface area contributed by atoms with Crippen molar-refractivity contribution in [1.29, 1.82) is 0 Å². The fourth-order valence-corrected chi connectivity index (χ4v) is 3.36. The number of likely N-dealkylation sites (tertiary alicyclic amines) is 1. The smallest absolute Gasteiger partial charge is 0.257 e. The molecule has 7 heteroatoms. The number of rotatable bonds is 6. The molecule has 1 aliphatic rings. The monoisotopic (exact) mass is 390 g/mol. The minimum absolute atomic E-state index is 0.00692. The van der Waals surface area contributed by atoms with Gasteiger partial charge in [-0.25, -0.2) is 0 Å². The number of hydrogen-bond acceptors (Lipinski definition) is 5. The molecule has 0 radical (unpaired) electrons. The summed E-state index contributed by atoms with van der Waals surface area (Å²) >= 11 is 0. The molecular formula is C22H22N4O3. The summed E-state index contributed by atoms with van der Waals surface area (Å²) in [7, 11) is 0. The molecule has 0 unspecified atom stereocenters. The molecule has 148 valence electrons. The number of carbonyl (C=O) groups excluding carboxylic acids is 2. The van der Waals surface area contributed by atoms with Crippen molar-refractivity contribution in [3.05, 3.63) is 66.0 Å². The average Bonchev–Trinajstić information content (AvgIpc) is 3.36. The fraction of sp³-hybridized carbons (Fsp3) is 0.273. The largest absolute Gasteiger partial charge is 0.338 e. The van der Waals surface area contributed by atoms with E-state index in [1.807, 2.05) is 49.4 Å². The Kier molecular flexibility index (Phi) is 5.37. The van der Waals surface area contributed by atoms with Crippen LogP contribution in [-0.2, 0) is 22.6 Å². The Morgan fingerprint density at radius 1 is 1.17 bits per heavy atom. The number of amides is 2. The molecule has 0 saturated carbocycles. The lowest BCUT2D eigenvalue weighted by Crippen LogP contribution is -2.28. The lowest BCUT2D eigenvalue weighted by molar-refractivity contribution is -0.128. The van der Waals surface area contributed by atoms with Crippen LogP contribution in [0.25, 0.3) is 11.5 Å². The van der Waals surface area contributed by atoms with E-state index in [0.717, 1.165) is 11.1 Å². The van der Waals surface area contributed by atoms with Gasteiger partial charge in [-0.2, -0.15) is 4.98 Å². The van der Waals surface area contributed by atoms with E-state index in [1.54, 1.807) is 17.0 Å². The van der Waals surface area contributed by atoms with E-state index in [-0.39, 0.29) is 24.2 Å². The Morgan fingerprint density at radius 3 is 2.62 bits per heavy atom. The molecule has 3 aromatic rings. The topological polar surface area (TPSA) is 88.3 Å². The third kappa shape index (κ3) is 4.34. The van der Waals surface area contributed by atoms with Crippen molar-refractivity contribution in [3.63, 3.8) is 0 Å². The maximum absolute atomic E-state index is 12.6. The summed E-state index contributed by atoms with van der Waals surface area (Å²) in [5.74, 6) is 0.621. The lowest BCUT2D eigenvalue weighted by Gasteiger charge is -2.16. The van der Waals surface area contributed by atoms with Crippen LogP contribution in [-0.4, -0.2) is 33.4 Å². The zero-order valence-corrected chi connectivity index (χ0v) is 16.2. The summed E-state index contributed by atoms with van der Waals surface area (Å²) in [5.41, 5.74) is 2.52. The number of anilines is 1. The number of benzene rings is 2. The number of aromatic nitrogens is 2. The SMILES string of the molecule is CCc1noc(-c2ccc(NC(=O)[C@H]3CC(=O)N(Cc4ccccc4)C3)cc2)n1. The molecule has 1 saturated heterocycles. The van der Waals surface area contributed by atoms with Crippen molar-refractivity contribution in [1.82, 2.24) is 15.0 Å². The third-order valence-electron chi connectivity index (χ3n) is 4.99. The molecule has 1 aliphatic heterocycles. The van der Waals surface area contributed by atoms with Gasteiger partial charge in [0.05, 0.1) is 5.92 Å². The maximum atomic E-state index is 12.6. The second kappa shape index (κ2) is 8.26. The first kappa shape index (κ1) is 18.9. The van der Waals surface area contributed by atoms with Crippen molar-refractivity contribution in [3.8, 4) is 11.5 Å². The Labute approximate surface area is 168 Å². The second-order valence-corrected chi connectivity index (χ2v) is 7.10. The van der Waals surface area contributed by atoms with Gasteiger partial charge in [0, 0.05) is 37.2 Å². The number of aryl methyl sites for hydroxylation is 1. The van der Waals surface area contributed by atoms with E-state index < -0.39 is 0 Å². The van der Waals surface area contributed by atoms with Crippen LogP contribution in [0.3, 0.4) is 0 Å². The molecule has 7 nitrogen and oxygen atoms in total. The van der Waals surface area contributed by atoms with Crippen LogP contribution in [0.5, 0.6) is 0 Å². The first-order chi connectivity index (χ1) is 14.1. The molecule has 2 amide bonds. The van der Waals surface area contributed by atoms with E-state index in [2.05, 4.69) is 15.5 Å². The van der Waals surface area contributed by atoms with E-state index >= 15 is 0 Å². The highest BCUT2D eigenvalue weighted by atomic mass is 16.5. The predicted molar refractivity (Wildman–Crippen MR) is 108 cm³/mol. The minimum Gasteiger partial charge on any atom is -0.338 e. The molecule has 4 rings (SSSR count). The minimum atomic E-state index is -0.353. The lowest BCUT2D eigenvalue weighted by atomic mass is 10.1. The summed E-state index contributed by atoms with van der Waals surface area (Å²) in [6.45, 7) is 2.92. The zero-order valence-electron chi connectivity index (χ0n) is 16.2. The van der Waals surface area contributed by atoms with Gasteiger partial charge in [-0.3, -0.25) is 9.59 Å². The molecule has 2 heterocycles. The molecule has 1 N–H and O–H groups in total. The first-order valence-electron chi connectivity index (χ1n) is 9.68. The van der Waals surface area contributed by atoms with Crippen molar-refractivity contribution in [2.24, 2.45) is 5.92 Å². The van der Waals surface area contributed by atoms with E-state index in [1.165, 1.54) is 0 Å². The Hall–Kier alpha value is -3.48. The highest BCUT2D eigenvalue weighted by Crippen LogP contribution is 2.23. The van der Waals surface area contributed by atoms with Crippen molar-refractivity contribution in [2.75, 3.05) is 11.9 Å². The summed E-state index contributed by atoms with van der Waals surface area (Å²) in [5, 5.41) is 6.79. The number of hydrogen-bond donors (Lipinski definition) is 1. The van der Waals surface area contributed by atoms with Crippen LogP contribution in [0, 0.1) is 5.92 Å². The van der Waals surface area contributed by atoms with Crippen LogP contribution >= 0.6 is 0 Å². The van der Waals surface area contributed by atoms with Crippen LogP contribution in [0.1, 0.15) is 24.7 Å². The second-order valence-electron chi connectivity index (χ2n) is 7.10. The van der Waals surface area contributed by atoms with Gasteiger partial charge in [-0.15, -0.1) is 0 Å². The molecule has 0 aliphatic carbocycles. The van der Waals surface area contributed by atoms with Gasteiger partial charge >= 0.3 is 0 Å². The van der Waals surface area contributed by atoms with Gasteiger partial charge in [0.2, 0.25) is 11.8 Å². The van der Waals surface area contributed by atoms with E-state index in [9.17, 15) is 9.59 Å². The molecule has 0 spiro atoms. The molecule has 1 aromatic heterocycles. The quantitative estimate of drug-likeness (QED) is 0.698. The third-order valence-corrected chi connectivity index (χ3v) is 4.99. The summed E-state index contributed by atoms with van der Waals surface area (Å²) < 4.78 is 5.22. The van der Waals surface area contributed by atoms with E-state index in [4.69, 9.17) is 4.52 Å². The van der Waals surface area contributed by atoms with Crippen LogP contribution in [0.4, 0.5) is 5.69 Å². The maximum Gasteiger partial charge on any atom is 0.257 e. The summed E-state index contributed by atoms with van der Waals surface area (Å²) in [6.07, 6.45) is 0.942. The van der Waals surface area contributed by atoms with Gasteiger partial charge in [0.25, 0.3) is 5.89 Å². The summed E-state index contributed by atoms with van der Waals surface area (Å²) in [6, 6.07) is 17.0. The number of carbonyl (C=O) groups is 2. The van der Waals surface area contributed by atoms with Crippen LogP contribution in [0.2, 0.25) is 0 Å². The fourth-order valence-electron chi connectivity index (χ4n) is 3.36. The number of nitrogens with one attached hydrogen (secondary N) is 1. The van der Waals surface area contributed by atoms with Gasteiger partial charge in [-0.1, -0.05) is 42.4 Å².